The molecule has 1 heterocycles. The Morgan fingerprint density at radius 1 is 1.22 bits per heavy atom. The Morgan fingerprint density at radius 2 is 1.93 bits per heavy atom. The molecule has 1 N–H and O–H groups in total. The molecule has 0 radical (unpaired) electrons. The zero-order valence-corrected chi connectivity index (χ0v) is 16.4. The number of nitrogens with zero attached hydrogens (tertiary/aromatic N) is 2. The quantitative estimate of drug-likeness (QED) is 0.777. The maximum Gasteiger partial charge on any atom is 0.337 e. The summed E-state index contributed by atoms with van der Waals surface area (Å²) in [5.41, 5.74) is -0.204. The van der Waals surface area contributed by atoms with Crippen molar-refractivity contribution in [2.75, 3.05) is 7.11 Å². The number of hydrogen-bond acceptors (Lipinski definition) is 7. The summed E-state index contributed by atoms with van der Waals surface area (Å²) in [6.07, 6.45) is 3.91. The molecule has 0 bridgehead atoms. The lowest BCUT2D eigenvalue weighted by Gasteiger charge is -2.35. The lowest BCUT2D eigenvalue weighted by atomic mass is 9.82. The van der Waals surface area contributed by atoms with E-state index >= 15 is 0 Å². The first kappa shape index (κ1) is 19.5. The summed E-state index contributed by atoms with van der Waals surface area (Å²) in [5, 5.41) is 3.98. The fourth-order valence-electron chi connectivity index (χ4n) is 3.47. The van der Waals surface area contributed by atoms with Crippen LogP contribution in [-0.2, 0) is 20.3 Å². The molecule has 8 nitrogen and oxygen atoms in total. The maximum absolute atomic E-state index is 13.2. The third kappa shape index (κ3) is 3.89. The Bertz CT molecular complexity index is 946. The van der Waals surface area contributed by atoms with Gasteiger partial charge in [0.2, 0.25) is 15.9 Å². The highest BCUT2D eigenvalue weighted by molar-refractivity contribution is 7.89. The van der Waals surface area contributed by atoms with Gasteiger partial charge in [0.1, 0.15) is 0 Å². The van der Waals surface area contributed by atoms with Crippen LogP contribution in [0, 0.1) is 13.8 Å². The second-order valence-electron chi connectivity index (χ2n) is 6.86. The highest BCUT2D eigenvalue weighted by atomic mass is 32.2. The Hall–Kier alpha value is -2.26. The molecule has 2 aromatic rings. The van der Waals surface area contributed by atoms with E-state index in [1.807, 2.05) is 0 Å². The molecule has 0 amide bonds. The van der Waals surface area contributed by atoms with Crippen LogP contribution >= 0.6 is 0 Å². The monoisotopic (exact) mass is 393 g/mol. The molecule has 9 heteroatoms. The third-order valence-corrected chi connectivity index (χ3v) is 6.57. The van der Waals surface area contributed by atoms with Gasteiger partial charge < -0.3 is 9.26 Å². The molecule has 1 aromatic carbocycles. The summed E-state index contributed by atoms with van der Waals surface area (Å²) in [6, 6.07) is 4.47. The van der Waals surface area contributed by atoms with Crippen LogP contribution in [0.1, 0.15) is 59.7 Å². The van der Waals surface area contributed by atoms with Crippen LogP contribution in [0.3, 0.4) is 0 Å². The van der Waals surface area contributed by atoms with Crippen LogP contribution in [0.25, 0.3) is 0 Å². The number of rotatable bonds is 5. The fourth-order valence-corrected chi connectivity index (χ4v) is 5.16. The lowest BCUT2D eigenvalue weighted by molar-refractivity contribution is 0.0600. The van der Waals surface area contributed by atoms with E-state index < -0.39 is 21.5 Å². The molecule has 1 saturated carbocycles. The average Bonchev–Trinajstić information content (AvgIpc) is 3.09. The van der Waals surface area contributed by atoms with Crippen molar-refractivity contribution in [3.05, 3.63) is 41.0 Å². The maximum atomic E-state index is 13.2. The smallest absolute Gasteiger partial charge is 0.337 e. The number of aromatic nitrogens is 2. The van der Waals surface area contributed by atoms with Gasteiger partial charge in [-0.2, -0.15) is 9.71 Å². The van der Waals surface area contributed by atoms with E-state index in [0.29, 0.717) is 30.1 Å². The molecule has 0 atom stereocenters. The van der Waals surface area contributed by atoms with E-state index in [1.54, 1.807) is 26.0 Å². The summed E-state index contributed by atoms with van der Waals surface area (Å²) in [5.74, 6) is 0.149. The molecule has 0 aliphatic heterocycles. The zero-order valence-electron chi connectivity index (χ0n) is 15.6. The number of methoxy groups -OCH3 is 1. The van der Waals surface area contributed by atoms with Crippen molar-refractivity contribution in [3.8, 4) is 0 Å². The Balaban J connectivity index is 2.02. The summed E-state index contributed by atoms with van der Waals surface area (Å²) < 4.78 is 39.0. The molecule has 1 aliphatic carbocycles. The van der Waals surface area contributed by atoms with Crippen LogP contribution < -0.4 is 4.72 Å². The van der Waals surface area contributed by atoms with Gasteiger partial charge in [0, 0.05) is 6.92 Å². The summed E-state index contributed by atoms with van der Waals surface area (Å²) in [7, 11) is -2.68. The molecule has 1 aromatic heterocycles. The number of benzene rings is 1. The molecular formula is C18H23N3O5S. The molecule has 1 fully saturated rings. The van der Waals surface area contributed by atoms with Crippen molar-refractivity contribution < 1.29 is 22.5 Å². The number of carbonyl (C=O) groups excluding carboxylic acids is 1. The summed E-state index contributed by atoms with van der Waals surface area (Å²) in [4.78, 5) is 16.1. The minimum Gasteiger partial charge on any atom is -0.465 e. The topological polar surface area (TPSA) is 111 Å². The van der Waals surface area contributed by atoms with Gasteiger partial charge >= 0.3 is 5.97 Å². The first-order valence-electron chi connectivity index (χ1n) is 8.81. The number of hydrogen-bond donors (Lipinski definition) is 1. The van der Waals surface area contributed by atoms with Crippen LogP contribution in [0.5, 0.6) is 0 Å². The van der Waals surface area contributed by atoms with Crippen molar-refractivity contribution in [2.24, 2.45) is 0 Å². The van der Waals surface area contributed by atoms with E-state index in [-0.39, 0.29) is 10.5 Å². The predicted octanol–water partition coefficient (Wildman–Crippen LogP) is 2.61. The number of ether oxygens (including phenoxy) is 1. The van der Waals surface area contributed by atoms with Gasteiger partial charge in [-0.1, -0.05) is 30.5 Å². The average molecular weight is 393 g/mol. The number of aryl methyl sites for hydroxylation is 2. The van der Waals surface area contributed by atoms with E-state index in [1.165, 1.54) is 13.2 Å². The van der Waals surface area contributed by atoms with Crippen molar-refractivity contribution in [3.63, 3.8) is 0 Å². The van der Waals surface area contributed by atoms with Gasteiger partial charge in [0.15, 0.2) is 5.82 Å². The molecule has 1 aliphatic rings. The van der Waals surface area contributed by atoms with E-state index in [0.717, 1.165) is 19.3 Å². The molecule has 0 saturated heterocycles. The largest absolute Gasteiger partial charge is 0.465 e. The van der Waals surface area contributed by atoms with E-state index in [4.69, 9.17) is 9.26 Å². The minimum absolute atomic E-state index is 0.0376. The molecule has 27 heavy (non-hydrogen) atoms. The van der Waals surface area contributed by atoms with Gasteiger partial charge in [-0.05, 0) is 37.5 Å². The number of esters is 1. The molecule has 3 rings (SSSR count). The summed E-state index contributed by atoms with van der Waals surface area (Å²) in [6.45, 7) is 3.35. The van der Waals surface area contributed by atoms with Gasteiger partial charge in [0.05, 0.1) is 23.1 Å². The van der Waals surface area contributed by atoms with Crippen LogP contribution in [0.15, 0.2) is 27.6 Å². The second kappa shape index (κ2) is 7.40. The molecule has 0 spiro atoms. The molecule has 146 valence electrons. The second-order valence-corrected chi connectivity index (χ2v) is 8.51. The van der Waals surface area contributed by atoms with Gasteiger partial charge in [0.25, 0.3) is 0 Å². The normalized spacial score (nSPS) is 16.9. The Morgan fingerprint density at radius 3 is 2.52 bits per heavy atom. The zero-order chi connectivity index (χ0) is 19.7. The van der Waals surface area contributed by atoms with Gasteiger partial charge in [-0.3, -0.25) is 0 Å². The first-order valence-corrected chi connectivity index (χ1v) is 10.3. The highest BCUT2D eigenvalue weighted by Crippen LogP contribution is 2.37. The van der Waals surface area contributed by atoms with Crippen LogP contribution in [0.2, 0.25) is 0 Å². The SMILES string of the molecule is COC(=O)c1ccc(C)c(S(=O)(=O)NC2(c3noc(C)n3)CCCCC2)c1. The number of nitrogens with one attached hydrogen (secondary N) is 1. The van der Waals surface area contributed by atoms with Crippen LogP contribution in [0.4, 0.5) is 0 Å². The minimum atomic E-state index is -3.93. The van der Waals surface area contributed by atoms with Crippen molar-refractivity contribution in [2.45, 2.75) is 56.4 Å². The molecular weight excluding hydrogens is 370 g/mol. The summed E-state index contributed by atoms with van der Waals surface area (Å²) >= 11 is 0. The Kier molecular flexibility index (Phi) is 5.34. The standard InChI is InChI=1S/C18H23N3O5S/c1-12-7-8-14(16(22)25-3)11-15(12)27(23,24)21-18(9-5-4-6-10-18)17-19-13(2)26-20-17/h7-8,11,21H,4-6,9-10H2,1-3H3. The van der Waals surface area contributed by atoms with E-state index in [2.05, 4.69) is 14.9 Å². The Labute approximate surface area is 158 Å². The van der Waals surface area contributed by atoms with Crippen LogP contribution in [-0.4, -0.2) is 31.6 Å². The molecule has 0 unspecified atom stereocenters. The van der Waals surface area contributed by atoms with E-state index in [9.17, 15) is 13.2 Å². The van der Waals surface area contributed by atoms with Gasteiger partial charge in [-0.15, -0.1) is 0 Å². The fraction of sp³-hybridized carbons (Fsp3) is 0.500. The first-order chi connectivity index (χ1) is 12.8. The number of carbonyl (C=O) groups is 1. The van der Waals surface area contributed by atoms with Gasteiger partial charge in [-0.25, -0.2) is 13.2 Å². The van der Waals surface area contributed by atoms with Crippen molar-refractivity contribution in [1.29, 1.82) is 0 Å². The van der Waals surface area contributed by atoms with Crippen molar-refractivity contribution in [1.82, 2.24) is 14.9 Å². The third-order valence-electron chi connectivity index (χ3n) is 4.89. The number of sulfonamides is 1. The lowest BCUT2D eigenvalue weighted by Crippen LogP contribution is -2.48. The van der Waals surface area contributed by atoms with Crippen molar-refractivity contribution >= 4 is 16.0 Å². The highest BCUT2D eigenvalue weighted by Gasteiger charge is 2.42. The predicted molar refractivity (Wildman–Crippen MR) is 96.6 cm³/mol.